The van der Waals surface area contributed by atoms with E-state index >= 15 is 0 Å². The van der Waals surface area contributed by atoms with Crippen LogP contribution in [-0.4, -0.2) is 59.7 Å². The van der Waals surface area contributed by atoms with Crippen molar-refractivity contribution < 1.29 is 14.3 Å². The first-order valence-electron chi connectivity index (χ1n) is 7.36. The van der Waals surface area contributed by atoms with E-state index in [1.54, 1.807) is 0 Å². The second-order valence-electron chi connectivity index (χ2n) is 6.33. The van der Waals surface area contributed by atoms with E-state index in [9.17, 15) is 9.59 Å². The van der Waals surface area contributed by atoms with Crippen LogP contribution in [0.25, 0.3) is 0 Å². The molecule has 0 unspecified atom stereocenters. The summed E-state index contributed by atoms with van der Waals surface area (Å²) in [5.41, 5.74) is 0. The van der Waals surface area contributed by atoms with Crippen LogP contribution in [0.3, 0.4) is 0 Å². The van der Waals surface area contributed by atoms with Crippen LogP contribution in [0.5, 0.6) is 0 Å². The van der Waals surface area contributed by atoms with Gasteiger partial charge in [0.15, 0.2) is 0 Å². The Morgan fingerprint density at radius 1 is 1.25 bits per heavy atom. The quantitative estimate of drug-likeness (QED) is 0.783. The molecule has 0 spiro atoms. The van der Waals surface area contributed by atoms with E-state index in [1.165, 1.54) is 4.90 Å². The molecule has 2 rings (SSSR count). The Balaban J connectivity index is 1.95. The van der Waals surface area contributed by atoms with Crippen molar-refractivity contribution in [2.24, 2.45) is 5.92 Å². The number of nitrogens with one attached hydrogen (secondary N) is 1. The standard InChI is InChI=1S/C14H25N3O3/c1-9(2)5-12-13(18)17(14(19)15-12)8-16-6-10(3)20-11(4)7-16/h9-12H,5-8H2,1-4H3,(H,15,19)/t10-,11+,12-/m0/s1. The smallest absolute Gasteiger partial charge is 0.325 e. The Hall–Kier alpha value is -1.14. The van der Waals surface area contributed by atoms with Gasteiger partial charge in [0, 0.05) is 13.1 Å². The molecule has 0 aliphatic carbocycles. The molecule has 6 nitrogen and oxygen atoms in total. The van der Waals surface area contributed by atoms with E-state index in [0.29, 0.717) is 19.0 Å². The lowest BCUT2D eigenvalue weighted by molar-refractivity contribution is -0.132. The fraction of sp³-hybridized carbons (Fsp3) is 0.857. The number of imide groups is 1. The SMILES string of the molecule is CC(C)C[C@@H]1NC(=O)N(CN2C[C@@H](C)O[C@@H](C)C2)C1=O. The number of rotatable bonds is 4. The summed E-state index contributed by atoms with van der Waals surface area (Å²) >= 11 is 0. The maximum Gasteiger partial charge on any atom is 0.325 e. The molecule has 0 saturated carbocycles. The molecule has 1 N–H and O–H groups in total. The number of carbonyl (C=O) groups is 2. The minimum Gasteiger partial charge on any atom is -0.373 e. The van der Waals surface area contributed by atoms with Crippen molar-refractivity contribution in [3.05, 3.63) is 0 Å². The summed E-state index contributed by atoms with van der Waals surface area (Å²) in [5.74, 6) is 0.281. The summed E-state index contributed by atoms with van der Waals surface area (Å²) < 4.78 is 5.66. The lowest BCUT2D eigenvalue weighted by Gasteiger charge is -2.36. The van der Waals surface area contributed by atoms with Crippen LogP contribution in [0.15, 0.2) is 0 Å². The number of urea groups is 1. The van der Waals surface area contributed by atoms with Gasteiger partial charge in [0.2, 0.25) is 0 Å². The highest BCUT2D eigenvalue weighted by Crippen LogP contribution is 2.17. The topological polar surface area (TPSA) is 61.9 Å². The number of hydrogen-bond donors (Lipinski definition) is 1. The minimum atomic E-state index is -0.363. The van der Waals surface area contributed by atoms with Crippen LogP contribution < -0.4 is 5.32 Å². The minimum absolute atomic E-state index is 0.101. The third-order valence-electron chi connectivity index (χ3n) is 3.65. The summed E-state index contributed by atoms with van der Waals surface area (Å²) in [6.45, 7) is 9.97. The Morgan fingerprint density at radius 3 is 2.40 bits per heavy atom. The number of ether oxygens (including phenoxy) is 1. The highest BCUT2D eigenvalue weighted by molar-refractivity contribution is 6.04. The molecule has 2 saturated heterocycles. The molecule has 0 aromatic carbocycles. The van der Waals surface area contributed by atoms with Crippen LogP contribution in [0, 0.1) is 5.92 Å². The number of morpholine rings is 1. The normalized spacial score (nSPS) is 32.0. The number of hydrogen-bond acceptors (Lipinski definition) is 4. The maximum atomic E-state index is 12.3. The predicted octanol–water partition coefficient (Wildman–Crippen LogP) is 1.02. The molecule has 114 valence electrons. The van der Waals surface area contributed by atoms with Gasteiger partial charge >= 0.3 is 6.03 Å². The second kappa shape index (κ2) is 6.10. The molecule has 20 heavy (non-hydrogen) atoms. The molecule has 3 amide bonds. The van der Waals surface area contributed by atoms with Gasteiger partial charge in [0.25, 0.3) is 5.91 Å². The van der Waals surface area contributed by atoms with Gasteiger partial charge in [0.1, 0.15) is 6.04 Å². The van der Waals surface area contributed by atoms with Crippen LogP contribution in [0.4, 0.5) is 4.79 Å². The summed E-state index contributed by atoms with van der Waals surface area (Å²) in [5, 5.41) is 2.78. The van der Waals surface area contributed by atoms with Crippen LogP contribution >= 0.6 is 0 Å². The molecule has 3 atom stereocenters. The maximum absolute atomic E-state index is 12.3. The van der Waals surface area contributed by atoms with Crippen molar-refractivity contribution in [2.45, 2.75) is 52.4 Å². The Bertz CT molecular complexity index is 376. The number of nitrogens with zero attached hydrogens (tertiary/aromatic N) is 2. The van der Waals surface area contributed by atoms with Crippen molar-refractivity contribution >= 4 is 11.9 Å². The van der Waals surface area contributed by atoms with Crippen molar-refractivity contribution in [2.75, 3.05) is 19.8 Å². The number of amides is 3. The monoisotopic (exact) mass is 283 g/mol. The first kappa shape index (κ1) is 15.3. The van der Waals surface area contributed by atoms with Gasteiger partial charge in [-0.2, -0.15) is 0 Å². The highest BCUT2D eigenvalue weighted by atomic mass is 16.5. The first-order chi connectivity index (χ1) is 9.36. The van der Waals surface area contributed by atoms with Crippen molar-refractivity contribution in [1.82, 2.24) is 15.1 Å². The zero-order valence-corrected chi connectivity index (χ0v) is 12.8. The molecule has 0 aromatic rings. The van der Waals surface area contributed by atoms with Gasteiger partial charge in [-0.05, 0) is 26.2 Å². The third kappa shape index (κ3) is 3.49. The third-order valence-corrected chi connectivity index (χ3v) is 3.65. The fourth-order valence-electron chi connectivity index (χ4n) is 2.94. The van der Waals surface area contributed by atoms with E-state index in [0.717, 1.165) is 13.1 Å². The average molecular weight is 283 g/mol. The van der Waals surface area contributed by atoms with E-state index in [2.05, 4.69) is 10.2 Å². The summed E-state index contributed by atoms with van der Waals surface area (Å²) in [6, 6.07) is -0.633. The van der Waals surface area contributed by atoms with Gasteiger partial charge in [-0.3, -0.25) is 9.69 Å². The predicted molar refractivity (Wildman–Crippen MR) is 75.1 cm³/mol. The molecule has 6 heteroatoms. The van der Waals surface area contributed by atoms with Crippen molar-refractivity contribution in [3.8, 4) is 0 Å². The van der Waals surface area contributed by atoms with Crippen LogP contribution in [-0.2, 0) is 9.53 Å². The summed E-state index contributed by atoms with van der Waals surface area (Å²) in [6.07, 6.45) is 0.953. The van der Waals surface area contributed by atoms with Crippen molar-refractivity contribution in [3.63, 3.8) is 0 Å². The molecular weight excluding hydrogens is 258 g/mol. The molecular formula is C14H25N3O3. The fourth-order valence-corrected chi connectivity index (χ4v) is 2.94. The Morgan fingerprint density at radius 2 is 1.85 bits per heavy atom. The lowest BCUT2D eigenvalue weighted by atomic mass is 10.0. The van der Waals surface area contributed by atoms with Gasteiger partial charge in [-0.25, -0.2) is 9.69 Å². The highest BCUT2D eigenvalue weighted by Gasteiger charge is 2.39. The Kier molecular flexibility index (Phi) is 4.65. The van der Waals surface area contributed by atoms with E-state index in [1.807, 2.05) is 27.7 Å². The second-order valence-corrected chi connectivity index (χ2v) is 6.33. The first-order valence-corrected chi connectivity index (χ1v) is 7.36. The van der Waals surface area contributed by atoms with E-state index in [4.69, 9.17) is 4.74 Å². The van der Waals surface area contributed by atoms with Crippen LogP contribution in [0.1, 0.15) is 34.1 Å². The molecule has 0 bridgehead atoms. The largest absolute Gasteiger partial charge is 0.373 e. The zero-order valence-electron chi connectivity index (χ0n) is 12.8. The average Bonchev–Trinajstić information content (AvgIpc) is 2.55. The van der Waals surface area contributed by atoms with E-state index in [-0.39, 0.29) is 30.2 Å². The van der Waals surface area contributed by atoms with Gasteiger partial charge in [-0.15, -0.1) is 0 Å². The van der Waals surface area contributed by atoms with Crippen LogP contribution in [0.2, 0.25) is 0 Å². The van der Waals surface area contributed by atoms with E-state index < -0.39 is 0 Å². The Labute approximate surface area is 120 Å². The lowest BCUT2D eigenvalue weighted by Crippen LogP contribution is -2.51. The molecule has 2 heterocycles. The molecule has 0 radical (unpaired) electrons. The zero-order chi connectivity index (χ0) is 14.9. The summed E-state index contributed by atoms with van der Waals surface area (Å²) in [7, 11) is 0. The van der Waals surface area contributed by atoms with Gasteiger partial charge < -0.3 is 10.1 Å². The summed E-state index contributed by atoms with van der Waals surface area (Å²) in [4.78, 5) is 27.7. The van der Waals surface area contributed by atoms with Crippen molar-refractivity contribution in [1.29, 1.82) is 0 Å². The molecule has 2 aliphatic rings. The van der Waals surface area contributed by atoms with Gasteiger partial charge in [-0.1, -0.05) is 13.8 Å². The molecule has 2 fully saturated rings. The molecule has 0 aromatic heterocycles. The molecule has 2 aliphatic heterocycles. The number of carbonyl (C=O) groups excluding carboxylic acids is 2. The van der Waals surface area contributed by atoms with Gasteiger partial charge in [0.05, 0.1) is 18.9 Å².